The molecule has 0 radical (unpaired) electrons. The number of carbonyl (C=O) groups is 4. The largest absolute Gasteiger partial charge is 0.456 e. The molecule has 1 saturated carbocycles. The number of hydrogen-bond acceptors (Lipinski definition) is 8. The van der Waals surface area contributed by atoms with Crippen molar-refractivity contribution in [2.45, 2.75) is 116 Å². The van der Waals surface area contributed by atoms with Crippen molar-refractivity contribution in [3.8, 4) is 0 Å². The molecule has 0 bridgehead atoms. The van der Waals surface area contributed by atoms with Gasteiger partial charge in [-0.05, 0) is 128 Å². The van der Waals surface area contributed by atoms with Crippen molar-refractivity contribution >= 4 is 35.3 Å². The molecule has 1 atom stereocenters. The topological polar surface area (TPSA) is 127 Å². The second-order valence-corrected chi connectivity index (χ2v) is 15.7. The summed E-state index contributed by atoms with van der Waals surface area (Å²) in [5.74, 6) is -1.04. The Kier molecular flexibility index (Phi) is 11.4. The van der Waals surface area contributed by atoms with Gasteiger partial charge in [-0.15, -0.1) is 0 Å². The average molecular weight is 691 g/mol. The van der Waals surface area contributed by atoms with Crippen molar-refractivity contribution in [1.29, 1.82) is 0 Å². The van der Waals surface area contributed by atoms with E-state index in [1.165, 1.54) is 0 Å². The van der Waals surface area contributed by atoms with E-state index < -0.39 is 29.3 Å². The molecule has 5 rings (SSSR count). The highest BCUT2D eigenvalue weighted by molar-refractivity contribution is 5.99. The van der Waals surface area contributed by atoms with Crippen LogP contribution < -0.4 is 15.5 Å². The molecule has 11 heteroatoms. The number of rotatable bonds is 7. The summed E-state index contributed by atoms with van der Waals surface area (Å²) in [7, 11) is 1.76. The smallest absolute Gasteiger partial charge is 0.407 e. The van der Waals surface area contributed by atoms with Gasteiger partial charge in [-0.3, -0.25) is 9.59 Å². The van der Waals surface area contributed by atoms with Crippen molar-refractivity contribution in [3.63, 3.8) is 0 Å². The summed E-state index contributed by atoms with van der Waals surface area (Å²) in [6, 6.07) is 11.8. The van der Waals surface area contributed by atoms with Crippen molar-refractivity contribution in [2.24, 2.45) is 5.92 Å². The second kappa shape index (κ2) is 15.4. The van der Waals surface area contributed by atoms with Crippen LogP contribution in [0.4, 0.5) is 16.2 Å². The number of alkyl carbamates (subject to hydrolysis) is 1. The zero-order valence-electron chi connectivity index (χ0n) is 30.7. The van der Waals surface area contributed by atoms with Gasteiger partial charge < -0.3 is 34.6 Å². The summed E-state index contributed by atoms with van der Waals surface area (Å²) in [5.41, 5.74) is 2.73. The molecule has 50 heavy (non-hydrogen) atoms. The molecule has 272 valence electrons. The van der Waals surface area contributed by atoms with Gasteiger partial charge in [-0.25, -0.2) is 9.59 Å². The van der Waals surface area contributed by atoms with Crippen LogP contribution in [0.25, 0.3) is 0 Å². The molecule has 2 aromatic rings. The van der Waals surface area contributed by atoms with Gasteiger partial charge in [-0.2, -0.15) is 0 Å². The van der Waals surface area contributed by atoms with E-state index in [2.05, 4.69) is 21.6 Å². The van der Waals surface area contributed by atoms with Crippen LogP contribution in [0, 0.1) is 5.92 Å². The Morgan fingerprint density at radius 1 is 0.780 bits per heavy atom. The summed E-state index contributed by atoms with van der Waals surface area (Å²) in [6.07, 6.45) is 4.83. The first-order valence-corrected chi connectivity index (χ1v) is 18.0. The van der Waals surface area contributed by atoms with Gasteiger partial charge in [0.15, 0.2) is 0 Å². The van der Waals surface area contributed by atoms with Crippen molar-refractivity contribution < 1.29 is 33.4 Å². The lowest BCUT2D eigenvalue weighted by Crippen LogP contribution is -2.49. The monoisotopic (exact) mass is 690 g/mol. The Balaban J connectivity index is 1.36. The lowest BCUT2D eigenvalue weighted by molar-refractivity contribution is -0.144. The van der Waals surface area contributed by atoms with Gasteiger partial charge in [0.05, 0.1) is 11.7 Å². The summed E-state index contributed by atoms with van der Waals surface area (Å²) in [4.78, 5) is 57.7. The number of nitrogens with zero attached hydrogens (tertiary/aromatic N) is 2. The van der Waals surface area contributed by atoms with Gasteiger partial charge in [-0.1, -0.05) is 12.1 Å². The number of hydrogen-bond donors (Lipinski definition) is 2. The van der Waals surface area contributed by atoms with E-state index in [0.29, 0.717) is 49.9 Å². The predicted molar refractivity (Wildman–Crippen MR) is 192 cm³/mol. The van der Waals surface area contributed by atoms with E-state index in [4.69, 9.17) is 14.2 Å². The molecule has 1 saturated heterocycles. The molecule has 11 nitrogen and oxygen atoms in total. The van der Waals surface area contributed by atoms with Gasteiger partial charge in [0, 0.05) is 50.1 Å². The first-order valence-electron chi connectivity index (χ1n) is 18.0. The molecule has 2 fully saturated rings. The van der Waals surface area contributed by atoms with Crippen molar-refractivity contribution in [3.05, 3.63) is 59.2 Å². The van der Waals surface area contributed by atoms with E-state index in [-0.39, 0.29) is 29.9 Å². The molecule has 3 amide bonds. The van der Waals surface area contributed by atoms with Crippen LogP contribution in [0.2, 0.25) is 0 Å². The zero-order valence-corrected chi connectivity index (χ0v) is 30.7. The number of esters is 1. The number of benzene rings is 2. The fraction of sp³-hybridized carbons (Fsp3) is 0.590. The maximum absolute atomic E-state index is 14.3. The van der Waals surface area contributed by atoms with E-state index >= 15 is 0 Å². The van der Waals surface area contributed by atoms with Gasteiger partial charge in [0.25, 0.3) is 5.91 Å². The van der Waals surface area contributed by atoms with E-state index in [9.17, 15) is 19.2 Å². The number of anilines is 2. The fourth-order valence-electron chi connectivity index (χ4n) is 7.23. The number of methoxy groups -OCH3 is 1. The summed E-state index contributed by atoms with van der Waals surface area (Å²) >= 11 is 0. The highest BCUT2D eigenvalue weighted by Crippen LogP contribution is 2.39. The summed E-state index contributed by atoms with van der Waals surface area (Å²) in [6.45, 7) is 13.1. The number of fused-ring (bicyclic) bond motifs is 1. The Hall–Kier alpha value is -4.12. The van der Waals surface area contributed by atoms with Crippen LogP contribution in [0.3, 0.4) is 0 Å². The van der Waals surface area contributed by atoms with Gasteiger partial charge in [0.1, 0.15) is 17.2 Å². The third kappa shape index (κ3) is 9.35. The van der Waals surface area contributed by atoms with Crippen LogP contribution in [-0.4, -0.2) is 78.9 Å². The Bertz CT molecular complexity index is 1530. The predicted octanol–water partition coefficient (Wildman–Crippen LogP) is 6.41. The molecule has 2 aliphatic heterocycles. The highest BCUT2D eigenvalue weighted by Gasteiger charge is 2.41. The normalized spacial score (nSPS) is 21.5. The summed E-state index contributed by atoms with van der Waals surface area (Å²) < 4.78 is 16.5. The molecular formula is C39H54N4O7. The Morgan fingerprint density at radius 2 is 1.42 bits per heavy atom. The fourth-order valence-corrected chi connectivity index (χ4v) is 7.23. The zero-order chi connectivity index (χ0) is 36.2. The molecule has 2 heterocycles. The van der Waals surface area contributed by atoms with Crippen LogP contribution in [0.5, 0.6) is 0 Å². The molecule has 3 aliphatic rings. The van der Waals surface area contributed by atoms with Crippen LogP contribution in [0.1, 0.15) is 108 Å². The molecule has 2 aromatic carbocycles. The van der Waals surface area contributed by atoms with Crippen LogP contribution in [-0.2, 0) is 30.2 Å². The number of piperidine rings is 1. The number of ether oxygens (including phenoxy) is 3. The second-order valence-electron chi connectivity index (χ2n) is 15.7. The minimum absolute atomic E-state index is 0.0434. The SMILES string of the molecule is COC1CCN(c2cccc3c2CCN(C(=O)C2CCC(NC(=O)OC(C)(C)C)CC2)C3C(=O)Nc2ccc(C(=O)OC(C)(C)C)cc2)CC1. The molecule has 0 spiro atoms. The first kappa shape index (κ1) is 37.1. The Labute approximate surface area is 296 Å². The van der Waals surface area contributed by atoms with Crippen molar-refractivity contribution in [2.75, 3.05) is 37.0 Å². The molecular weight excluding hydrogens is 636 g/mol. The standard InChI is InChI=1S/C39H54N4O7/c1-38(2,3)49-36(46)26-13-17-27(18-14-26)40-34(44)33-31-9-8-10-32(42-22-19-29(48-7)20-23-42)30(31)21-24-43(33)35(45)25-11-15-28(16-12-25)41-37(47)50-39(4,5)6/h8-10,13-14,17-18,25,28-29,33H,11-12,15-16,19-24H2,1-7H3,(H,40,44)(H,41,47). The third-order valence-electron chi connectivity index (χ3n) is 9.63. The lowest BCUT2D eigenvalue weighted by atomic mass is 9.83. The molecule has 1 unspecified atom stereocenters. The van der Waals surface area contributed by atoms with E-state index in [1.807, 2.05) is 53.7 Å². The van der Waals surface area contributed by atoms with E-state index in [1.54, 1.807) is 36.3 Å². The Morgan fingerprint density at radius 3 is 2.02 bits per heavy atom. The van der Waals surface area contributed by atoms with Gasteiger partial charge in [0.2, 0.25) is 5.91 Å². The molecule has 1 aliphatic carbocycles. The highest BCUT2D eigenvalue weighted by atomic mass is 16.6. The van der Waals surface area contributed by atoms with E-state index in [0.717, 1.165) is 42.7 Å². The third-order valence-corrected chi connectivity index (χ3v) is 9.63. The maximum Gasteiger partial charge on any atom is 0.407 e. The number of amides is 3. The minimum Gasteiger partial charge on any atom is -0.456 e. The molecule has 0 aromatic heterocycles. The van der Waals surface area contributed by atoms with Crippen LogP contribution in [0.15, 0.2) is 42.5 Å². The number of nitrogens with one attached hydrogen (secondary N) is 2. The lowest BCUT2D eigenvalue weighted by Gasteiger charge is -2.42. The average Bonchev–Trinajstić information content (AvgIpc) is 3.06. The quantitative estimate of drug-likeness (QED) is 0.320. The van der Waals surface area contributed by atoms with Crippen LogP contribution >= 0.6 is 0 Å². The van der Waals surface area contributed by atoms with Crippen molar-refractivity contribution in [1.82, 2.24) is 10.2 Å². The number of carbonyl (C=O) groups excluding carboxylic acids is 4. The minimum atomic E-state index is -0.828. The molecule has 2 N–H and O–H groups in total. The summed E-state index contributed by atoms with van der Waals surface area (Å²) in [5, 5.41) is 5.99. The first-order chi connectivity index (χ1) is 23.6. The maximum atomic E-state index is 14.3. The van der Waals surface area contributed by atoms with Gasteiger partial charge >= 0.3 is 12.1 Å².